The Morgan fingerprint density at radius 1 is 1.46 bits per heavy atom. The molecule has 5 heteroatoms. The number of carbonyl (C=O) groups is 1. The maximum Gasteiger partial charge on any atom is 0.241 e. The predicted molar refractivity (Wildman–Crippen MR) is 48.0 cm³/mol. The average Bonchev–Trinajstić information content (AvgIpc) is 2.13. The van der Waals surface area contributed by atoms with E-state index >= 15 is 0 Å². The molecule has 0 spiro atoms. The summed E-state index contributed by atoms with van der Waals surface area (Å²) < 4.78 is 0. The quantitative estimate of drug-likeness (QED) is 0.363. The molecule has 0 aliphatic carbocycles. The minimum atomic E-state index is -0.471. The Morgan fingerprint density at radius 2 is 2.00 bits per heavy atom. The molecule has 0 rings (SSSR count). The van der Waals surface area contributed by atoms with Gasteiger partial charge in [-0.3, -0.25) is 4.79 Å². The average molecular weight is 189 g/mol. The molecule has 0 atom stereocenters. The van der Waals surface area contributed by atoms with E-state index in [-0.39, 0.29) is 4.81 Å². The lowest BCUT2D eigenvalue weighted by molar-refractivity contribution is -1.24. The van der Waals surface area contributed by atoms with Crippen molar-refractivity contribution in [1.82, 2.24) is 0 Å². The van der Waals surface area contributed by atoms with Crippen LogP contribution in [0.3, 0.4) is 0 Å². The number of nitrogens with zero attached hydrogens (tertiary/aromatic N) is 1. The van der Waals surface area contributed by atoms with Crippen LogP contribution in [-0.4, -0.2) is 38.0 Å². The second-order valence-corrected chi connectivity index (χ2v) is 2.48. The first-order chi connectivity index (χ1) is 6.10. The number of primary amides is 1. The van der Waals surface area contributed by atoms with Crippen LogP contribution in [-0.2, 0) is 14.5 Å². The molecule has 5 nitrogen and oxygen atoms in total. The molecule has 0 unspecified atom stereocenters. The summed E-state index contributed by atoms with van der Waals surface area (Å²) in [6.07, 6.45) is 2.92. The topological polar surface area (TPSA) is 61.6 Å². The molecule has 0 aromatic carbocycles. The molecule has 1 amide bonds. The number of nitrogens with two attached hydrogens (primary N) is 1. The monoisotopic (exact) mass is 189 g/mol. The van der Waals surface area contributed by atoms with Gasteiger partial charge in [0.25, 0.3) is 0 Å². The Balaban J connectivity index is 4.17. The number of likely N-dealkylation sites (N-methyl/N-ethyl adjacent to an activating group) is 1. The maximum atomic E-state index is 10.4. The van der Waals surface area contributed by atoms with Crippen molar-refractivity contribution in [3.05, 3.63) is 12.2 Å². The normalized spacial score (nSPS) is 12.2. The molecular formula is C8H17N2O3+. The summed E-state index contributed by atoms with van der Waals surface area (Å²) in [5, 5.41) is 0. The molecule has 0 saturated carbocycles. The minimum Gasteiger partial charge on any atom is -0.366 e. The summed E-state index contributed by atoms with van der Waals surface area (Å²) in [4.78, 5) is 20.7. The summed E-state index contributed by atoms with van der Waals surface area (Å²) in [6, 6.07) is 0. The van der Waals surface area contributed by atoms with E-state index < -0.39 is 5.91 Å². The second kappa shape index (κ2) is 5.69. The van der Waals surface area contributed by atoms with Gasteiger partial charge in [-0.1, -0.05) is 0 Å². The third-order valence-electron chi connectivity index (χ3n) is 1.81. The van der Waals surface area contributed by atoms with Crippen molar-refractivity contribution in [3.8, 4) is 0 Å². The number of hydrogen-bond acceptors (Lipinski definition) is 3. The summed E-state index contributed by atoms with van der Waals surface area (Å²) in [7, 11) is 3.09. The molecule has 0 heterocycles. The molecule has 0 aliphatic heterocycles. The molecule has 0 aliphatic rings. The van der Waals surface area contributed by atoms with Crippen LogP contribution in [0.2, 0.25) is 0 Å². The van der Waals surface area contributed by atoms with E-state index in [0.29, 0.717) is 13.1 Å². The highest BCUT2D eigenvalue weighted by atomic mass is 17.0. The zero-order valence-corrected chi connectivity index (χ0v) is 8.32. The zero-order chi connectivity index (χ0) is 10.3. The van der Waals surface area contributed by atoms with Crippen LogP contribution in [0.1, 0.15) is 6.92 Å². The Hall–Kier alpha value is -0.910. The van der Waals surface area contributed by atoms with Crippen molar-refractivity contribution in [2.45, 2.75) is 6.92 Å². The van der Waals surface area contributed by atoms with Gasteiger partial charge in [0.2, 0.25) is 5.91 Å². The summed E-state index contributed by atoms with van der Waals surface area (Å²) in [5.74, 6) is -0.471. The van der Waals surface area contributed by atoms with Gasteiger partial charge in [-0.05, 0) is 17.8 Å². The number of quaternary nitrogens is 1. The van der Waals surface area contributed by atoms with E-state index in [1.807, 2.05) is 6.92 Å². The highest BCUT2D eigenvalue weighted by Crippen LogP contribution is 2.06. The van der Waals surface area contributed by atoms with Crippen LogP contribution in [0.25, 0.3) is 0 Å². The van der Waals surface area contributed by atoms with E-state index in [1.165, 1.54) is 6.08 Å². The molecule has 0 fully saturated rings. The van der Waals surface area contributed by atoms with Crippen molar-refractivity contribution in [1.29, 1.82) is 0 Å². The number of amides is 1. The van der Waals surface area contributed by atoms with E-state index in [1.54, 1.807) is 20.3 Å². The fourth-order valence-electron chi connectivity index (χ4n) is 0.940. The molecular weight excluding hydrogens is 172 g/mol. The van der Waals surface area contributed by atoms with E-state index in [2.05, 4.69) is 0 Å². The van der Waals surface area contributed by atoms with Crippen molar-refractivity contribution in [2.75, 3.05) is 27.3 Å². The molecule has 13 heavy (non-hydrogen) atoms. The SMILES string of the molecule is CC[N+](CC=CC(N)=O)(OC)OC. The lowest BCUT2D eigenvalue weighted by Gasteiger charge is -2.27. The minimum absolute atomic E-state index is 0.0176. The number of hydroxylamine groups is 4. The fourth-order valence-corrected chi connectivity index (χ4v) is 0.940. The summed E-state index contributed by atoms with van der Waals surface area (Å²) in [5.41, 5.74) is 4.93. The Bertz CT molecular complexity index is 180. The predicted octanol–water partition coefficient (Wildman–Crippen LogP) is -0.0126. The smallest absolute Gasteiger partial charge is 0.241 e. The van der Waals surface area contributed by atoms with E-state index in [4.69, 9.17) is 15.4 Å². The summed E-state index contributed by atoms with van der Waals surface area (Å²) >= 11 is 0. The molecule has 0 saturated heterocycles. The molecule has 76 valence electrons. The lowest BCUT2D eigenvalue weighted by Crippen LogP contribution is -2.45. The fraction of sp³-hybridized carbons (Fsp3) is 0.625. The third kappa shape index (κ3) is 4.02. The highest BCUT2D eigenvalue weighted by molar-refractivity contribution is 5.85. The van der Waals surface area contributed by atoms with Gasteiger partial charge in [0.05, 0.1) is 14.2 Å². The van der Waals surface area contributed by atoms with Crippen LogP contribution in [0.4, 0.5) is 0 Å². The zero-order valence-electron chi connectivity index (χ0n) is 8.32. The maximum absolute atomic E-state index is 10.4. The van der Waals surface area contributed by atoms with Crippen LogP contribution in [0.15, 0.2) is 12.2 Å². The summed E-state index contributed by atoms with van der Waals surface area (Å²) in [6.45, 7) is 3.02. The highest BCUT2D eigenvalue weighted by Gasteiger charge is 2.24. The second-order valence-electron chi connectivity index (χ2n) is 2.48. The first-order valence-electron chi connectivity index (χ1n) is 4.04. The van der Waals surface area contributed by atoms with Gasteiger partial charge in [0.1, 0.15) is 6.54 Å². The Labute approximate surface area is 78.2 Å². The molecule has 0 bridgehead atoms. The lowest BCUT2D eigenvalue weighted by atomic mass is 10.4. The van der Waals surface area contributed by atoms with Gasteiger partial charge >= 0.3 is 0 Å². The van der Waals surface area contributed by atoms with Gasteiger partial charge in [-0.2, -0.15) is 9.68 Å². The van der Waals surface area contributed by atoms with Gasteiger partial charge < -0.3 is 5.73 Å². The Morgan fingerprint density at radius 3 is 2.31 bits per heavy atom. The van der Waals surface area contributed by atoms with Gasteiger partial charge in [-0.15, -0.1) is 0 Å². The first kappa shape index (κ1) is 12.1. The van der Waals surface area contributed by atoms with Crippen LogP contribution < -0.4 is 5.73 Å². The van der Waals surface area contributed by atoms with Crippen LogP contribution >= 0.6 is 0 Å². The van der Waals surface area contributed by atoms with Crippen molar-refractivity contribution in [2.24, 2.45) is 5.73 Å². The molecule has 0 radical (unpaired) electrons. The van der Waals surface area contributed by atoms with Gasteiger partial charge in [-0.25, -0.2) is 0 Å². The van der Waals surface area contributed by atoms with E-state index in [9.17, 15) is 4.79 Å². The van der Waals surface area contributed by atoms with Gasteiger partial charge in [0, 0.05) is 6.08 Å². The largest absolute Gasteiger partial charge is 0.366 e. The molecule has 2 N–H and O–H groups in total. The number of rotatable bonds is 6. The standard InChI is InChI=1S/C8H16N2O3/c1-4-10(12-2,13-3)7-5-6-8(9)11/h5-6H,4,7H2,1-3H3,(H-,9,11)/p+1. The van der Waals surface area contributed by atoms with E-state index in [0.717, 1.165) is 0 Å². The van der Waals surface area contributed by atoms with Crippen molar-refractivity contribution < 1.29 is 19.3 Å². The number of carbonyl (C=O) groups excluding carboxylic acids is 1. The van der Waals surface area contributed by atoms with Crippen LogP contribution in [0, 0.1) is 0 Å². The van der Waals surface area contributed by atoms with Gasteiger partial charge in [0.15, 0.2) is 6.54 Å². The molecule has 0 aromatic heterocycles. The molecule has 0 aromatic rings. The van der Waals surface area contributed by atoms with Crippen molar-refractivity contribution >= 4 is 5.91 Å². The Kier molecular flexibility index (Phi) is 5.29. The van der Waals surface area contributed by atoms with Crippen LogP contribution in [0.5, 0.6) is 0 Å². The van der Waals surface area contributed by atoms with Crippen molar-refractivity contribution in [3.63, 3.8) is 0 Å². The first-order valence-corrected chi connectivity index (χ1v) is 4.04. The number of hydrogen-bond donors (Lipinski definition) is 1. The third-order valence-corrected chi connectivity index (χ3v) is 1.81.